The Morgan fingerprint density at radius 2 is 1.90 bits per heavy atom. The molecule has 0 fully saturated rings. The van der Waals surface area contributed by atoms with Gasteiger partial charge in [0.15, 0.2) is 0 Å². The van der Waals surface area contributed by atoms with E-state index in [4.69, 9.17) is 22.1 Å². The van der Waals surface area contributed by atoms with Crippen molar-refractivity contribution in [1.29, 1.82) is 0 Å². The van der Waals surface area contributed by atoms with Crippen LogP contribution in [0.3, 0.4) is 0 Å². The molecule has 1 atom stereocenters. The average Bonchev–Trinajstić information content (AvgIpc) is 2.48. The van der Waals surface area contributed by atoms with Crippen LogP contribution in [0.5, 0.6) is 5.75 Å². The van der Waals surface area contributed by atoms with Gasteiger partial charge in [-0.25, -0.2) is 0 Å². The molecule has 21 heavy (non-hydrogen) atoms. The Morgan fingerprint density at radius 1 is 1.24 bits per heavy atom. The van der Waals surface area contributed by atoms with Crippen LogP contribution >= 0.6 is 11.6 Å². The molecule has 110 valence electrons. The van der Waals surface area contributed by atoms with Gasteiger partial charge in [-0.15, -0.1) is 0 Å². The van der Waals surface area contributed by atoms with Crippen LogP contribution in [0.25, 0.3) is 0 Å². The lowest BCUT2D eigenvalue weighted by atomic mass is 9.92. The summed E-state index contributed by atoms with van der Waals surface area (Å²) in [4.78, 5) is 12.4. The predicted molar refractivity (Wildman–Crippen MR) is 84.6 cm³/mol. The van der Waals surface area contributed by atoms with Crippen LogP contribution in [0, 0.1) is 0 Å². The quantitative estimate of drug-likeness (QED) is 0.912. The van der Waals surface area contributed by atoms with E-state index in [1.165, 1.54) is 7.11 Å². The van der Waals surface area contributed by atoms with Gasteiger partial charge in [0, 0.05) is 5.69 Å². The molecule has 5 heteroatoms. The number of halogens is 1. The summed E-state index contributed by atoms with van der Waals surface area (Å²) in [7, 11) is 1.53. The van der Waals surface area contributed by atoms with Gasteiger partial charge in [-0.2, -0.15) is 0 Å². The van der Waals surface area contributed by atoms with Crippen LogP contribution in [0.4, 0.5) is 5.69 Å². The molecule has 2 rings (SSSR count). The number of nitrogens with two attached hydrogens (primary N) is 1. The van der Waals surface area contributed by atoms with Gasteiger partial charge in [-0.1, -0.05) is 41.9 Å². The van der Waals surface area contributed by atoms with Crippen molar-refractivity contribution >= 4 is 23.2 Å². The highest BCUT2D eigenvalue weighted by atomic mass is 35.5. The highest BCUT2D eigenvalue weighted by molar-refractivity contribution is 6.32. The highest BCUT2D eigenvalue weighted by Crippen LogP contribution is 2.28. The first-order valence-electron chi connectivity index (χ1n) is 6.44. The van der Waals surface area contributed by atoms with Crippen molar-refractivity contribution < 1.29 is 9.53 Å². The van der Waals surface area contributed by atoms with E-state index in [1.54, 1.807) is 25.1 Å². The molecule has 0 aromatic heterocycles. The molecule has 4 nitrogen and oxygen atoms in total. The summed E-state index contributed by atoms with van der Waals surface area (Å²) in [5.74, 6) is 0.239. The van der Waals surface area contributed by atoms with Crippen molar-refractivity contribution in [2.75, 3.05) is 12.4 Å². The van der Waals surface area contributed by atoms with E-state index in [-0.39, 0.29) is 5.91 Å². The Morgan fingerprint density at radius 3 is 2.48 bits per heavy atom. The number of methoxy groups -OCH3 is 1. The Balaban J connectivity index is 2.19. The number of carbonyl (C=O) groups is 1. The Hall–Kier alpha value is -2.04. The summed E-state index contributed by atoms with van der Waals surface area (Å²) >= 11 is 6.04. The number of hydrogen-bond donors (Lipinski definition) is 2. The van der Waals surface area contributed by atoms with E-state index in [1.807, 2.05) is 30.3 Å². The lowest BCUT2D eigenvalue weighted by molar-refractivity contribution is -0.120. The van der Waals surface area contributed by atoms with Gasteiger partial charge in [0.2, 0.25) is 5.91 Å². The summed E-state index contributed by atoms with van der Waals surface area (Å²) in [5.41, 5.74) is 6.33. The number of amides is 1. The maximum atomic E-state index is 12.4. The third kappa shape index (κ3) is 3.35. The van der Waals surface area contributed by atoms with Crippen LogP contribution < -0.4 is 15.8 Å². The lowest BCUT2D eigenvalue weighted by Crippen LogP contribution is -2.45. The number of hydrogen-bond acceptors (Lipinski definition) is 3. The van der Waals surface area contributed by atoms with E-state index in [2.05, 4.69) is 5.32 Å². The minimum absolute atomic E-state index is 0.310. The minimum atomic E-state index is -1.13. The third-order valence-electron chi connectivity index (χ3n) is 3.25. The van der Waals surface area contributed by atoms with Crippen LogP contribution in [-0.2, 0) is 10.3 Å². The van der Waals surface area contributed by atoms with Gasteiger partial charge in [0.25, 0.3) is 0 Å². The van der Waals surface area contributed by atoms with Crippen molar-refractivity contribution in [3.63, 3.8) is 0 Å². The smallest absolute Gasteiger partial charge is 0.248 e. The zero-order chi connectivity index (χ0) is 15.5. The van der Waals surface area contributed by atoms with Gasteiger partial charge in [-0.05, 0) is 30.7 Å². The molecule has 0 aliphatic heterocycles. The number of carbonyl (C=O) groups excluding carboxylic acids is 1. The average molecular weight is 305 g/mol. The van der Waals surface area contributed by atoms with Crippen molar-refractivity contribution in [1.82, 2.24) is 0 Å². The Kier molecular flexibility index (Phi) is 4.50. The Labute approximate surface area is 128 Å². The van der Waals surface area contributed by atoms with Gasteiger partial charge >= 0.3 is 0 Å². The van der Waals surface area contributed by atoms with E-state index in [9.17, 15) is 4.79 Å². The van der Waals surface area contributed by atoms with Crippen molar-refractivity contribution in [3.05, 3.63) is 59.1 Å². The summed E-state index contributed by atoms with van der Waals surface area (Å²) in [5, 5.41) is 3.19. The van der Waals surface area contributed by atoms with Crippen molar-refractivity contribution in [2.45, 2.75) is 12.5 Å². The van der Waals surface area contributed by atoms with Crippen LogP contribution in [0.1, 0.15) is 12.5 Å². The predicted octanol–water partition coefficient (Wildman–Crippen LogP) is 3.16. The molecule has 0 heterocycles. The zero-order valence-corrected chi connectivity index (χ0v) is 12.6. The van der Waals surface area contributed by atoms with Crippen molar-refractivity contribution in [3.8, 4) is 5.75 Å². The number of nitrogens with one attached hydrogen (secondary N) is 1. The minimum Gasteiger partial charge on any atom is -0.495 e. The molecular formula is C16H17ClN2O2. The molecule has 3 N–H and O–H groups in total. The van der Waals surface area contributed by atoms with Gasteiger partial charge in [0.05, 0.1) is 12.1 Å². The van der Waals surface area contributed by atoms with Gasteiger partial charge in [-0.3, -0.25) is 4.79 Å². The molecule has 0 saturated heterocycles. The topological polar surface area (TPSA) is 64.3 Å². The van der Waals surface area contributed by atoms with Gasteiger partial charge < -0.3 is 15.8 Å². The molecule has 2 aromatic carbocycles. The summed E-state index contributed by atoms with van der Waals surface area (Å²) in [6.07, 6.45) is 0. The maximum absolute atomic E-state index is 12.4. The zero-order valence-electron chi connectivity index (χ0n) is 11.9. The molecule has 0 radical (unpaired) electrons. The second kappa shape index (κ2) is 6.16. The van der Waals surface area contributed by atoms with E-state index in [0.29, 0.717) is 16.5 Å². The molecule has 1 amide bonds. The molecule has 2 aromatic rings. The number of rotatable bonds is 4. The standard InChI is InChI=1S/C16H17ClN2O2/c1-16(18,11-6-4-3-5-7-11)15(20)19-12-8-9-14(21-2)13(17)10-12/h3-10H,18H2,1-2H3,(H,19,20). The fraction of sp³-hybridized carbons (Fsp3) is 0.188. The van der Waals surface area contributed by atoms with E-state index >= 15 is 0 Å². The van der Waals surface area contributed by atoms with Crippen LogP contribution in [0.15, 0.2) is 48.5 Å². The SMILES string of the molecule is COc1ccc(NC(=O)C(C)(N)c2ccccc2)cc1Cl. The summed E-state index contributed by atoms with van der Waals surface area (Å²) in [6.45, 7) is 1.67. The summed E-state index contributed by atoms with van der Waals surface area (Å²) < 4.78 is 5.07. The second-order valence-corrected chi connectivity index (χ2v) is 5.28. The third-order valence-corrected chi connectivity index (χ3v) is 3.55. The molecule has 1 unspecified atom stereocenters. The largest absolute Gasteiger partial charge is 0.495 e. The second-order valence-electron chi connectivity index (χ2n) is 4.87. The first kappa shape index (κ1) is 15.4. The number of ether oxygens (including phenoxy) is 1. The molecule has 0 saturated carbocycles. The molecule has 0 aliphatic rings. The van der Waals surface area contributed by atoms with E-state index in [0.717, 1.165) is 5.56 Å². The van der Waals surface area contributed by atoms with Crippen LogP contribution in [-0.4, -0.2) is 13.0 Å². The van der Waals surface area contributed by atoms with E-state index < -0.39 is 5.54 Å². The normalized spacial score (nSPS) is 13.3. The Bertz CT molecular complexity index is 642. The fourth-order valence-electron chi connectivity index (χ4n) is 1.92. The first-order chi connectivity index (χ1) is 9.95. The van der Waals surface area contributed by atoms with Crippen molar-refractivity contribution in [2.24, 2.45) is 5.73 Å². The maximum Gasteiger partial charge on any atom is 0.248 e. The molecule has 0 aliphatic carbocycles. The molecular weight excluding hydrogens is 288 g/mol. The number of anilines is 1. The monoisotopic (exact) mass is 304 g/mol. The lowest BCUT2D eigenvalue weighted by Gasteiger charge is -2.24. The fourth-order valence-corrected chi connectivity index (χ4v) is 2.18. The number of benzene rings is 2. The highest BCUT2D eigenvalue weighted by Gasteiger charge is 2.30. The van der Waals surface area contributed by atoms with Gasteiger partial charge in [0.1, 0.15) is 11.3 Å². The summed E-state index contributed by atoms with van der Waals surface area (Å²) in [6, 6.07) is 14.2. The molecule has 0 bridgehead atoms. The molecule has 0 spiro atoms. The first-order valence-corrected chi connectivity index (χ1v) is 6.82. The van der Waals surface area contributed by atoms with Crippen LogP contribution in [0.2, 0.25) is 5.02 Å².